The van der Waals surface area contributed by atoms with Crippen LogP contribution in [0.3, 0.4) is 0 Å². The number of benzene rings is 2. The van der Waals surface area contributed by atoms with Crippen LogP contribution in [-0.2, 0) is 0 Å². The average molecular weight is 417 g/mol. The maximum Gasteiger partial charge on any atom is 0.188 e. The Labute approximate surface area is 177 Å². The second-order valence-electron chi connectivity index (χ2n) is 6.06. The van der Waals surface area contributed by atoms with Gasteiger partial charge < -0.3 is 10.1 Å². The van der Waals surface area contributed by atoms with Gasteiger partial charge in [0.15, 0.2) is 22.4 Å². The van der Waals surface area contributed by atoms with E-state index in [-0.39, 0.29) is 0 Å². The van der Waals surface area contributed by atoms with Crippen molar-refractivity contribution in [3.05, 3.63) is 89.4 Å². The third-order valence-corrected chi connectivity index (χ3v) is 5.69. The Morgan fingerprint density at radius 1 is 1.07 bits per heavy atom. The maximum atomic E-state index is 7.07. The molecule has 29 heavy (non-hydrogen) atoms. The number of nitrogens with zero attached hydrogens (tertiary/aromatic N) is 3. The molecule has 4 aromatic rings. The Hall–Kier alpha value is -3.34. The van der Waals surface area contributed by atoms with Crippen molar-refractivity contribution in [1.82, 2.24) is 9.97 Å². The van der Waals surface area contributed by atoms with Gasteiger partial charge in [-0.3, -0.25) is 0 Å². The van der Waals surface area contributed by atoms with Gasteiger partial charge in [0.25, 0.3) is 0 Å². The number of nitrogens with one attached hydrogen (secondary N) is 1. The van der Waals surface area contributed by atoms with Crippen LogP contribution < -0.4 is 10.1 Å². The summed E-state index contributed by atoms with van der Waals surface area (Å²) >= 11 is 3.09. The first-order chi connectivity index (χ1) is 14.2. The minimum atomic E-state index is 0.607. The zero-order valence-electron chi connectivity index (χ0n) is 15.5. The van der Waals surface area contributed by atoms with Crippen LogP contribution in [0.25, 0.3) is 4.85 Å². The van der Waals surface area contributed by atoms with Crippen molar-refractivity contribution in [2.45, 2.75) is 16.7 Å². The molecule has 0 amide bonds. The molecule has 2 aromatic heterocycles. The molecule has 5 nitrogen and oxygen atoms in total. The number of thiazole rings is 1. The lowest BCUT2D eigenvalue weighted by Crippen LogP contribution is -1.97. The molecule has 0 aliphatic rings. The second kappa shape index (κ2) is 8.78. The highest BCUT2D eigenvalue weighted by Crippen LogP contribution is 2.36. The molecule has 7 heteroatoms. The molecule has 0 radical (unpaired) electrons. The van der Waals surface area contributed by atoms with E-state index in [1.165, 1.54) is 11.3 Å². The zero-order chi connectivity index (χ0) is 20.1. The Balaban J connectivity index is 1.63. The predicted molar refractivity (Wildman–Crippen MR) is 118 cm³/mol. The number of para-hydroxylation sites is 1. The summed E-state index contributed by atoms with van der Waals surface area (Å²) in [5, 5.41) is 6.00. The highest BCUT2D eigenvalue weighted by molar-refractivity contribution is 7.99. The second-order valence-corrected chi connectivity index (χ2v) is 8.06. The number of aromatic nitrogens is 2. The van der Waals surface area contributed by atoms with Gasteiger partial charge >= 0.3 is 0 Å². The standard InChI is InChI=1S/C22H16N4OS2/c1-15-14-28-22(25-15)26-21-20(27-17-6-4-3-5-7-17)12-19(13-24-21)29-18-10-8-16(23-2)9-11-18/h3-14H,1H3,(H,24,25,26). The van der Waals surface area contributed by atoms with Gasteiger partial charge in [-0.2, -0.15) is 0 Å². The van der Waals surface area contributed by atoms with E-state index in [0.717, 1.165) is 26.4 Å². The first-order valence-corrected chi connectivity index (χ1v) is 10.5. The fourth-order valence-corrected chi connectivity index (χ4v) is 4.01. The van der Waals surface area contributed by atoms with Crippen LogP contribution in [0, 0.1) is 13.5 Å². The van der Waals surface area contributed by atoms with Gasteiger partial charge in [0.05, 0.1) is 12.3 Å². The number of hydrogen-bond donors (Lipinski definition) is 1. The van der Waals surface area contributed by atoms with Crippen molar-refractivity contribution in [2.75, 3.05) is 5.32 Å². The summed E-state index contributed by atoms with van der Waals surface area (Å²) in [5.74, 6) is 1.96. The van der Waals surface area contributed by atoms with Gasteiger partial charge in [-0.25, -0.2) is 14.8 Å². The monoisotopic (exact) mass is 416 g/mol. The first kappa shape index (κ1) is 19.0. The van der Waals surface area contributed by atoms with Crippen LogP contribution in [0.15, 0.2) is 82.0 Å². The molecule has 2 heterocycles. The minimum Gasteiger partial charge on any atom is -0.453 e. The molecular formula is C22H16N4OS2. The summed E-state index contributed by atoms with van der Waals surface area (Å²) in [6, 6.07) is 19.0. The Morgan fingerprint density at radius 3 is 2.55 bits per heavy atom. The minimum absolute atomic E-state index is 0.607. The van der Waals surface area contributed by atoms with Crippen molar-refractivity contribution >= 4 is 39.7 Å². The van der Waals surface area contributed by atoms with Crippen LogP contribution in [0.2, 0.25) is 0 Å². The van der Waals surface area contributed by atoms with Crippen LogP contribution >= 0.6 is 23.1 Å². The smallest absolute Gasteiger partial charge is 0.188 e. The fourth-order valence-electron chi connectivity index (χ4n) is 2.51. The summed E-state index contributed by atoms with van der Waals surface area (Å²) in [7, 11) is 0. The van der Waals surface area contributed by atoms with Crippen molar-refractivity contribution in [3.8, 4) is 11.5 Å². The number of ether oxygens (including phenoxy) is 1. The van der Waals surface area contributed by atoms with E-state index < -0.39 is 0 Å². The topological polar surface area (TPSA) is 51.4 Å². The first-order valence-electron chi connectivity index (χ1n) is 8.77. The molecule has 0 aliphatic carbocycles. The van der Waals surface area contributed by atoms with Crippen LogP contribution in [0.5, 0.6) is 11.5 Å². The Morgan fingerprint density at radius 2 is 1.86 bits per heavy atom. The quantitative estimate of drug-likeness (QED) is 0.340. The van der Waals surface area contributed by atoms with E-state index in [9.17, 15) is 0 Å². The fraction of sp³-hybridized carbons (Fsp3) is 0.0455. The van der Waals surface area contributed by atoms with E-state index in [4.69, 9.17) is 11.3 Å². The normalized spacial score (nSPS) is 10.3. The lowest BCUT2D eigenvalue weighted by molar-refractivity contribution is 0.481. The number of anilines is 2. The van der Waals surface area contributed by atoms with Crippen LogP contribution in [0.4, 0.5) is 16.6 Å². The van der Waals surface area contributed by atoms with E-state index in [2.05, 4.69) is 20.1 Å². The van der Waals surface area contributed by atoms with E-state index >= 15 is 0 Å². The van der Waals surface area contributed by atoms with Crippen molar-refractivity contribution in [2.24, 2.45) is 0 Å². The largest absolute Gasteiger partial charge is 0.453 e. The SMILES string of the molecule is [C-]#[N+]c1ccc(Sc2cnc(Nc3nc(C)cs3)c(Oc3ccccc3)c2)cc1. The maximum absolute atomic E-state index is 7.07. The summed E-state index contributed by atoms with van der Waals surface area (Å²) < 4.78 is 6.10. The number of aryl methyl sites for hydroxylation is 1. The van der Waals surface area contributed by atoms with Gasteiger partial charge in [0.2, 0.25) is 0 Å². The molecule has 142 valence electrons. The molecule has 0 saturated heterocycles. The van der Waals surface area contributed by atoms with Gasteiger partial charge in [0.1, 0.15) is 5.75 Å². The lowest BCUT2D eigenvalue weighted by Gasteiger charge is -2.12. The lowest BCUT2D eigenvalue weighted by atomic mass is 10.3. The van der Waals surface area contributed by atoms with Crippen LogP contribution in [0.1, 0.15) is 5.69 Å². The van der Waals surface area contributed by atoms with E-state index in [0.29, 0.717) is 17.3 Å². The Bertz CT molecular complexity index is 1150. The predicted octanol–water partition coefficient (Wildman–Crippen LogP) is 7.08. The molecule has 0 saturated carbocycles. The summed E-state index contributed by atoms with van der Waals surface area (Å²) in [6.45, 7) is 9.02. The number of rotatable bonds is 6. The third kappa shape index (κ3) is 4.93. The third-order valence-electron chi connectivity index (χ3n) is 3.84. The van der Waals surface area contributed by atoms with Gasteiger partial charge in [-0.1, -0.05) is 54.2 Å². The van der Waals surface area contributed by atoms with Gasteiger partial charge in [-0.05, 0) is 19.1 Å². The molecule has 1 N–H and O–H groups in total. The summed E-state index contributed by atoms with van der Waals surface area (Å²) in [4.78, 5) is 14.4. The zero-order valence-corrected chi connectivity index (χ0v) is 17.1. The number of pyridine rings is 1. The van der Waals surface area contributed by atoms with Crippen molar-refractivity contribution in [3.63, 3.8) is 0 Å². The van der Waals surface area contributed by atoms with Gasteiger partial charge in [0, 0.05) is 27.4 Å². The molecule has 0 fully saturated rings. The highest BCUT2D eigenvalue weighted by Gasteiger charge is 2.12. The van der Waals surface area contributed by atoms with Crippen molar-refractivity contribution in [1.29, 1.82) is 0 Å². The molecule has 0 aliphatic heterocycles. The highest BCUT2D eigenvalue weighted by atomic mass is 32.2. The van der Waals surface area contributed by atoms with Crippen LogP contribution in [-0.4, -0.2) is 9.97 Å². The molecule has 0 atom stereocenters. The Kier molecular flexibility index (Phi) is 5.75. The number of hydrogen-bond acceptors (Lipinski definition) is 6. The molecule has 0 spiro atoms. The van der Waals surface area contributed by atoms with Crippen molar-refractivity contribution < 1.29 is 4.74 Å². The molecule has 0 unspecified atom stereocenters. The summed E-state index contributed by atoms with van der Waals surface area (Å²) in [5.41, 5.74) is 1.58. The molecule has 0 bridgehead atoms. The van der Waals surface area contributed by atoms with E-state index in [1.54, 1.807) is 18.0 Å². The molecular weight excluding hydrogens is 400 g/mol. The molecule has 4 rings (SSSR count). The summed E-state index contributed by atoms with van der Waals surface area (Å²) in [6.07, 6.45) is 1.80. The molecule has 2 aromatic carbocycles. The average Bonchev–Trinajstić information content (AvgIpc) is 3.16. The van der Waals surface area contributed by atoms with E-state index in [1.807, 2.05) is 73.0 Å². The van der Waals surface area contributed by atoms with Gasteiger partial charge in [-0.15, -0.1) is 11.3 Å².